The van der Waals surface area contributed by atoms with Gasteiger partial charge in [-0.05, 0) is 25.8 Å². The molecule has 1 rings (SSSR count). The van der Waals surface area contributed by atoms with E-state index in [1.54, 1.807) is 18.9 Å². The van der Waals surface area contributed by atoms with Gasteiger partial charge in [0.2, 0.25) is 5.91 Å². The molecule has 1 amide bonds. The minimum absolute atomic E-state index is 0.139. The van der Waals surface area contributed by atoms with Crippen LogP contribution in [-0.4, -0.2) is 54.6 Å². The van der Waals surface area contributed by atoms with Crippen LogP contribution in [0.5, 0.6) is 0 Å². The molecule has 0 spiro atoms. The highest BCUT2D eigenvalue weighted by atomic mass is 19.4. The Morgan fingerprint density at radius 2 is 1.94 bits per heavy atom. The van der Waals surface area contributed by atoms with Gasteiger partial charge in [-0.25, -0.2) is 0 Å². The van der Waals surface area contributed by atoms with Crippen LogP contribution in [0.15, 0.2) is 0 Å². The smallest absolute Gasteiger partial charge is 0.342 e. The largest absolute Gasteiger partial charge is 0.401 e. The molecule has 0 bridgehead atoms. The summed E-state index contributed by atoms with van der Waals surface area (Å²) in [4.78, 5) is 14.4. The third-order valence-electron chi connectivity index (χ3n) is 2.79. The Balaban J connectivity index is 2.44. The van der Waals surface area contributed by atoms with Gasteiger partial charge in [0.25, 0.3) is 0 Å². The molecule has 0 atom stereocenters. The van der Waals surface area contributed by atoms with E-state index in [0.717, 1.165) is 12.8 Å². The van der Waals surface area contributed by atoms with Crippen LogP contribution in [0.4, 0.5) is 13.2 Å². The molecule has 0 unspecified atom stereocenters. The van der Waals surface area contributed by atoms with Crippen molar-refractivity contribution in [2.45, 2.75) is 38.4 Å². The van der Waals surface area contributed by atoms with Crippen LogP contribution in [-0.2, 0) is 4.79 Å². The van der Waals surface area contributed by atoms with Gasteiger partial charge >= 0.3 is 6.18 Å². The van der Waals surface area contributed by atoms with Crippen LogP contribution < -0.4 is 0 Å². The van der Waals surface area contributed by atoms with Crippen LogP contribution in [0.3, 0.4) is 0 Å². The fourth-order valence-corrected chi connectivity index (χ4v) is 1.75. The summed E-state index contributed by atoms with van der Waals surface area (Å²) < 4.78 is 36.9. The molecule has 100 valence electrons. The highest BCUT2D eigenvalue weighted by Gasteiger charge is 2.34. The van der Waals surface area contributed by atoms with E-state index in [0.29, 0.717) is 13.0 Å². The first-order chi connectivity index (χ1) is 7.83. The van der Waals surface area contributed by atoms with Gasteiger partial charge in [-0.15, -0.1) is 0 Å². The fraction of sp³-hybridized carbons (Fsp3) is 0.909. The third-order valence-corrected chi connectivity index (χ3v) is 2.79. The van der Waals surface area contributed by atoms with Crippen molar-refractivity contribution >= 4 is 5.91 Å². The Morgan fingerprint density at radius 1 is 1.35 bits per heavy atom. The summed E-state index contributed by atoms with van der Waals surface area (Å²) in [6.45, 7) is 0.952. The number of nitrogens with zero attached hydrogens (tertiary/aromatic N) is 2. The summed E-state index contributed by atoms with van der Waals surface area (Å²) >= 11 is 0. The lowest BCUT2D eigenvalue weighted by Gasteiger charge is -2.25. The Morgan fingerprint density at radius 3 is 2.35 bits per heavy atom. The second-order valence-electron chi connectivity index (χ2n) is 4.56. The molecular formula is C11H19F3N2O. The molecule has 0 N–H and O–H groups in total. The number of likely N-dealkylation sites (N-methyl/N-ethyl adjacent to an activating group) is 1. The minimum Gasteiger partial charge on any atom is -0.342 e. The standard InChI is InChI=1S/C11H19F3N2O/c1-3-6-16(8-11(12,13)14)7-10(17)15(2)9-4-5-9/h9H,3-8H2,1-2H3. The number of halogens is 3. The van der Waals surface area contributed by atoms with Gasteiger partial charge in [0.15, 0.2) is 0 Å². The Bertz CT molecular complexity index is 264. The lowest BCUT2D eigenvalue weighted by molar-refractivity contribution is -0.151. The fourth-order valence-electron chi connectivity index (χ4n) is 1.75. The van der Waals surface area contributed by atoms with Crippen molar-refractivity contribution in [1.29, 1.82) is 0 Å². The molecule has 17 heavy (non-hydrogen) atoms. The van der Waals surface area contributed by atoms with Crippen molar-refractivity contribution < 1.29 is 18.0 Å². The second kappa shape index (κ2) is 5.71. The summed E-state index contributed by atoms with van der Waals surface area (Å²) in [6.07, 6.45) is -1.70. The van der Waals surface area contributed by atoms with Crippen LogP contribution in [0.1, 0.15) is 26.2 Å². The summed E-state index contributed by atoms with van der Waals surface area (Å²) in [5.41, 5.74) is 0. The van der Waals surface area contributed by atoms with E-state index < -0.39 is 12.7 Å². The van der Waals surface area contributed by atoms with Gasteiger partial charge in [0.05, 0.1) is 13.1 Å². The first-order valence-electron chi connectivity index (χ1n) is 5.88. The van der Waals surface area contributed by atoms with Gasteiger partial charge in [0, 0.05) is 13.1 Å². The van der Waals surface area contributed by atoms with Crippen LogP contribution in [0.25, 0.3) is 0 Å². The van der Waals surface area contributed by atoms with Crippen molar-refractivity contribution in [3.05, 3.63) is 0 Å². The predicted molar refractivity (Wildman–Crippen MR) is 58.6 cm³/mol. The van der Waals surface area contributed by atoms with Gasteiger partial charge < -0.3 is 4.90 Å². The lowest BCUT2D eigenvalue weighted by atomic mass is 10.3. The van der Waals surface area contributed by atoms with E-state index in [1.165, 1.54) is 4.90 Å². The maximum atomic E-state index is 12.3. The molecule has 0 aromatic heterocycles. The van der Waals surface area contributed by atoms with E-state index in [-0.39, 0.29) is 18.5 Å². The minimum atomic E-state index is -4.24. The number of carbonyl (C=O) groups excluding carboxylic acids is 1. The van der Waals surface area contributed by atoms with Gasteiger partial charge in [-0.1, -0.05) is 6.92 Å². The molecule has 3 nitrogen and oxygen atoms in total. The molecule has 0 saturated heterocycles. The van der Waals surface area contributed by atoms with Gasteiger partial charge in [0.1, 0.15) is 0 Å². The van der Waals surface area contributed by atoms with Gasteiger partial charge in [-0.3, -0.25) is 9.69 Å². The molecule has 0 aromatic rings. The summed E-state index contributed by atoms with van der Waals surface area (Å²) in [5, 5.41) is 0. The maximum Gasteiger partial charge on any atom is 0.401 e. The first-order valence-corrected chi connectivity index (χ1v) is 5.88. The van der Waals surface area contributed by atoms with Crippen LogP contribution in [0, 0.1) is 0 Å². The topological polar surface area (TPSA) is 23.6 Å². The molecular weight excluding hydrogens is 233 g/mol. The molecule has 1 fully saturated rings. The maximum absolute atomic E-state index is 12.3. The van der Waals surface area contributed by atoms with Crippen molar-refractivity contribution in [1.82, 2.24) is 9.80 Å². The Labute approximate surface area is 99.6 Å². The van der Waals surface area contributed by atoms with E-state index in [4.69, 9.17) is 0 Å². The highest BCUT2D eigenvalue weighted by molar-refractivity contribution is 5.78. The number of rotatable bonds is 6. The molecule has 1 aliphatic carbocycles. The van der Waals surface area contributed by atoms with E-state index in [2.05, 4.69) is 0 Å². The first kappa shape index (κ1) is 14.3. The number of hydrogen-bond donors (Lipinski definition) is 0. The van der Waals surface area contributed by atoms with E-state index in [1.807, 2.05) is 0 Å². The molecule has 6 heteroatoms. The SMILES string of the molecule is CCCN(CC(=O)N(C)C1CC1)CC(F)(F)F. The monoisotopic (exact) mass is 252 g/mol. The van der Waals surface area contributed by atoms with E-state index >= 15 is 0 Å². The van der Waals surface area contributed by atoms with Crippen LogP contribution >= 0.6 is 0 Å². The summed E-state index contributed by atoms with van der Waals surface area (Å²) in [5.74, 6) is -0.217. The summed E-state index contributed by atoms with van der Waals surface area (Å²) in [7, 11) is 1.66. The summed E-state index contributed by atoms with van der Waals surface area (Å²) in [6, 6.07) is 0.247. The number of alkyl halides is 3. The van der Waals surface area contributed by atoms with Crippen LogP contribution in [0.2, 0.25) is 0 Å². The number of amides is 1. The second-order valence-corrected chi connectivity index (χ2v) is 4.56. The van der Waals surface area contributed by atoms with Crippen molar-refractivity contribution in [2.24, 2.45) is 0 Å². The average molecular weight is 252 g/mol. The zero-order chi connectivity index (χ0) is 13.1. The highest BCUT2D eigenvalue weighted by Crippen LogP contribution is 2.25. The molecule has 0 aliphatic heterocycles. The molecule has 0 aromatic carbocycles. The third kappa shape index (κ3) is 5.39. The zero-order valence-electron chi connectivity index (χ0n) is 10.3. The van der Waals surface area contributed by atoms with Gasteiger partial charge in [-0.2, -0.15) is 13.2 Å². The number of hydrogen-bond acceptors (Lipinski definition) is 2. The van der Waals surface area contributed by atoms with Crippen molar-refractivity contribution in [3.8, 4) is 0 Å². The zero-order valence-corrected chi connectivity index (χ0v) is 10.3. The molecule has 0 radical (unpaired) electrons. The quantitative estimate of drug-likeness (QED) is 0.720. The predicted octanol–water partition coefficient (Wildman–Crippen LogP) is 1.88. The molecule has 1 saturated carbocycles. The Kier molecular flexibility index (Phi) is 4.80. The molecule has 0 heterocycles. The normalized spacial score (nSPS) is 16.4. The number of carbonyl (C=O) groups is 1. The van der Waals surface area contributed by atoms with Crippen molar-refractivity contribution in [3.63, 3.8) is 0 Å². The van der Waals surface area contributed by atoms with E-state index in [9.17, 15) is 18.0 Å². The van der Waals surface area contributed by atoms with Crippen molar-refractivity contribution in [2.75, 3.05) is 26.7 Å². The lowest BCUT2D eigenvalue weighted by Crippen LogP contribution is -2.43. The Hall–Kier alpha value is -0.780. The molecule has 1 aliphatic rings. The average Bonchev–Trinajstić information content (AvgIpc) is 2.97.